The van der Waals surface area contributed by atoms with Crippen LogP contribution in [0.1, 0.15) is 12.5 Å². The van der Waals surface area contributed by atoms with Crippen LogP contribution in [0.15, 0.2) is 64.5 Å². The molecule has 8 nitrogen and oxygen atoms in total. The van der Waals surface area contributed by atoms with Gasteiger partial charge in [0, 0.05) is 5.56 Å². The number of benzene rings is 2. The SMILES string of the molecule is CCc1ccc(-c2cc3c(=O)[nH]nc(SCC(=O)Nc4nc5ccccc5s4)n3n2)cc1. The Labute approximate surface area is 190 Å². The van der Waals surface area contributed by atoms with E-state index in [-0.39, 0.29) is 17.2 Å². The number of carbonyl (C=O) groups is 1. The number of hydrogen-bond acceptors (Lipinski definition) is 7. The quantitative estimate of drug-likeness (QED) is 0.370. The summed E-state index contributed by atoms with van der Waals surface area (Å²) in [5.41, 5.74) is 3.70. The third kappa shape index (κ3) is 4.02. The predicted octanol–water partition coefficient (Wildman–Crippen LogP) is 3.99. The second-order valence-electron chi connectivity index (χ2n) is 7.04. The topological polar surface area (TPSA) is 105 Å². The molecule has 0 radical (unpaired) electrons. The van der Waals surface area contributed by atoms with E-state index >= 15 is 0 Å². The number of amides is 1. The van der Waals surface area contributed by atoms with E-state index in [4.69, 9.17) is 0 Å². The van der Waals surface area contributed by atoms with E-state index in [1.54, 1.807) is 6.07 Å². The molecule has 5 aromatic rings. The normalized spacial score (nSPS) is 11.3. The highest BCUT2D eigenvalue weighted by Gasteiger charge is 2.15. The number of anilines is 1. The number of H-pyrrole nitrogens is 1. The maximum absolute atomic E-state index is 12.5. The van der Waals surface area contributed by atoms with Gasteiger partial charge in [-0.15, -0.1) is 5.10 Å². The third-order valence-corrected chi connectivity index (χ3v) is 6.79. The van der Waals surface area contributed by atoms with Gasteiger partial charge in [-0.25, -0.2) is 14.6 Å². The predicted molar refractivity (Wildman–Crippen MR) is 127 cm³/mol. The fourth-order valence-electron chi connectivity index (χ4n) is 3.25. The average Bonchev–Trinajstić information content (AvgIpc) is 3.43. The Morgan fingerprint density at radius 3 is 2.78 bits per heavy atom. The van der Waals surface area contributed by atoms with Gasteiger partial charge >= 0.3 is 0 Å². The van der Waals surface area contributed by atoms with Crippen molar-refractivity contribution in [3.05, 3.63) is 70.5 Å². The molecule has 0 aliphatic heterocycles. The summed E-state index contributed by atoms with van der Waals surface area (Å²) in [6.45, 7) is 2.10. The first kappa shape index (κ1) is 20.4. The summed E-state index contributed by atoms with van der Waals surface area (Å²) < 4.78 is 2.49. The minimum absolute atomic E-state index is 0.102. The lowest BCUT2D eigenvalue weighted by molar-refractivity contribution is -0.113. The lowest BCUT2D eigenvalue weighted by Gasteiger charge is -2.03. The van der Waals surface area contributed by atoms with Crippen molar-refractivity contribution < 1.29 is 4.79 Å². The lowest BCUT2D eigenvalue weighted by atomic mass is 10.1. The number of fused-ring (bicyclic) bond motifs is 2. The summed E-state index contributed by atoms with van der Waals surface area (Å²) in [5, 5.41) is 14.9. The zero-order valence-corrected chi connectivity index (χ0v) is 18.7. The molecule has 0 aliphatic rings. The van der Waals surface area contributed by atoms with Crippen LogP contribution in [0.2, 0.25) is 0 Å². The van der Waals surface area contributed by atoms with E-state index in [0.29, 0.717) is 21.5 Å². The molecule has 0 aliphatic carbocycles. The van der Waals surface area contributed by atoms with Gasteiger partial charge in [-0.2, -0.15) is 5.10 Å². The zero-order valence-electron chi connectivity index (χ0n) is 17.0. The number of aromatic nitrogens is 5. The Balaban J connectivity index is 1.35. The second-order valence-corrected chi connectivity index (χ2v) is 9.01. The average molecular weight is 463 g/mol. The summed E-state index contributed by atoms with van der Waals surface area (Å²) in [6, 6.07) is 17.5. The van der Waals surface area contributed by atoms with Crippen LogP contribution in [0.25, 0.3) is 27.0 Å². The highest BCUT2D eigenvalue weighted by molar-refractivity contribution is 7.99. The van der Waals surface area contributed by atoms with Gasteiger partial charge < -0.3 is 5.32 Å². The van der Waals surface area contributed by atoms with Crippen LogP contribution in [0, 0.1) is 0 Å². The van der Waals surface area contributed by atoms with Crippen LogP contribution < -0.4 is 10.9 Å². The third-order valence-electron chi connectivity index (χ3n) is 4.91. The Kier molecular flexibility index (Phi) is 5.46. The van der Waals surface area contributed by atoms with Crippen molar-refractivity contribution in [3.63, 3.8) is 0 Å². The number of aromatic amines is 1. The number of hydrogen-bond donors (Lipinski definition) is 2. The van der Waals surface area contributed by atoms with Gasteiger partial charge in [-0.05, 0) is 30.2 Å². The number of nitrogens with one attached hydrogen (secondary N) is 2. The monoisotopic (exact) mass is 462 g/mol. The van der Waals surface area contributed by atoms with Crippen LogP contribution in [0.5, 0.6) is 0 Å². The lowest BCUT2D eigenvalue weighted by Crippen LogP contribution is -2.17. The second kappa shape index (κ2) is 8.56. The molecule has 0 fully saturated rings. The molecule has 1 amide bonds. The minimum Gasteiger partial charge on any atom is -0.301 e. The number of carbonyl (C=O) groups excluding carboxylic acids is 1. The van der Waals surface area contributed by atoms with Gasteiger partial charge in [0.25, 0.3) is 5.56 Å². The zero-order chi connectivity index (χ0) is 22.1. The number of rotatable bonds is 6. The standard InChI is InChI=1S/C22H18N6O2S2/c1-2-13-7-9-14(10-8-13)16-11-17-20(30)25-26-22(28(17)27-16)31-12-19(29)24-21-23-15-5-3-4-6-18(15)32-21/h3-11H,2,12H2,1H3,(H,25,30)(H,23,24,29). The highest BCUT2D eigenvalue weighted by Crippen LogP contribution is 2.26. The fraction of sp³-hybridized carbons (Fsp3) is 0.136. The van der Waals surface area contributed by atoms with Crippen molar-refractivity contribution in [1.29, 1.82) is 0 Å². The molecule has 0 bridgehead atoms. The van der Waals surface area contributed by atoms with Gasteiger partial charge in [0.05, 0.1) is 21.7 Å². The van der Waals surface area contributed by atoms with Gasteiger partial charge in [0.2, 0.25) is 11.1 Å². The smallest absolute Gasteiger partial charge is 0.290 e. The van der Waals surface area contributed by atoms with Crippen LogP contribution in [0.3, 0.4) is 0 Å². The van der Waals surface area contributed by atoms with Gasteiger partial charge in [0.1, 0.15) is 5.52 Å². The Bertz CT molecular complexity index is 1450. The van der Waals surface area contributed by atoms with Crippen LogP contribution in [0.4, 0.5) is 5.13 Å². The van der Waals surface area contributed by atoms with E-state index in [0.717, 1.165) is 22.2 Å². The first-order valence-corrected chi connectivity index (χ1v) is 11.8. The molecule has 0 unspecified atom stereocenters. The molecular weight excluding hydrogens is 444 g/mol. The molecule has 3 aromatic heterocycles. The molecule has 5 rings (SSSR count). The molecule has 2 N–H and O–H groups in total. The van der Waals surface area contributed by atoms with E-state index in [2.05, 4.69) is 32.5 Å². The molecule has 32 heavy (non-hydrogen) atoms. The summed E-state index contributed by atoms with van der Waals surface area (Å²) in [7, 11) is 0. The van der Waals surface area contributed by atoms with E-state index in [1.807, 2.05) is 48.5 Å². The summed E-state index contributed by atoms with van der Waals surface area (Å²) in [5.74, 6) is -0.109. The Hall–Kier alpha value is -3.50. The molecule has 160 valence electrons. The van der Waals surface area contributed by atoms with Crippen LogP contribution in [-0.4, -0.2) is 36.5 Å². The van der Waals surface area contributed by atoms with Crippen LogP contribution >= 0.6 is 23.1 Å². The van der Waals surface area contributed by atoms with Crippen molar-refractivity contribution in [1.82, 2.24) is 24.8 Å². The Morgan fingerprint density at radius 1 is 1.19 bits per heavy atom. The van der Waals surface area contributed by atoms with Crippen molar-refractivity contribution in [2.75, 3.05) is 11.1 Å². The number of thioether (sulfide) groups is 1. The maximum atomic E-state index is 12.5. The van der Waals surface area contributed by atoms with Crippen molar-refractivity contribution in [2.45, 2.75) is 18.5 Å². The molecule has 0 spiro atoms. The Morgan fingerprint density at radius 2 is 2.00 bits per heavy atom. The molecule has 2 aromatic carbocycles. The molecule has 0 saturated carbocycles. The van der Waals surface area contributed by atoms with E-state index in [9.17, 15) is 9.59 Å². The van der Waals surface area contributed by atoms with Gasteiger partial charge in [-0.1, -0.05) is 66.4 Å². The maximum Gasteiger partial charge on any atom is 0.290 e. The van der Waals surface area contributed by atoms with Crippen molar-refractivity contribution in [3.8, 4) is 11.3 Å². The first-order valence-electron chi connectivity index (χ1n) is 9.96. The summed E-state index contributed by atoms with van der Waals surface area (Å²) >= 11 is 2.61. The fourth-order valence-corrected chi connectivity index (χ4v) is 4.83. The number of thiazole rings is 1. The molecule has 0 saturated heterocycles. The van der Waals surface area contributed by atoms with Crippen molar-refractivity contribution >= 4 is 49.9 Å². The largest absolute Gasteiger partial charge is 0.301 e. The minimum atomic E-state index is -0.336. The molecule has 10 heteroatoms. The van der Waals surface area contributed by atoms with Gasteiger partial charge in [-0.3, -0.25) is 9.59 Å². The molecule has 0 atom stereocenters. The summed E-state index contributed by atoms with van der Waals surface area (Å²) in [4.78, 5) is 29.1. The highest BCUT2D eigenvalue weighted by atomic mass is 32.2. The number of nitrogens with zero attached hydrogens (tertiary/aromatic N) is 4. The van der Waals surface area contributed by atoms with E-state index in [1.165, 1.54) is 33.2 Å². The molecular formula is C22H18N6O2S2. The van der Waals surface area contributed by atoms with Crippen molar-refractivity contribution in [2.24, 2.45) is 0 Å². The number of aryl methyl sites for hydroxylation is 1. The summed E-state index contributed by atoms with van der Waals surface area (Å²) in [6.07, 6.45) is 0.953. The first-order chi connectivity index (χ1) is 15.6. The molecule has 3 heterocycles. The van der Waals surface area contributed by atoms with Gasteiger partial charge in [0.15, 0.2) is 5.13 Å². The number of para-hydroxylation sites is 1. The van der Waals surface area contributed by atoms with E-state index < -0.39 is 0 Å². The van der Waals surface area contributed by atoms with Crippen LogP contribution in [-0.2, 0) is 11.2 Å².